The maximum atomic E-state index is 12.9. The van der Waals surface area contributed by atoms with Crippen LogP contribution in [0.4, 0.5) is 32.0 Å². The van der Waals surface area contributed by atoms with Crippen molar-refractivity contribution in [2.45, 2.75) is 44.6 Å². The number of likely N-dealkylation sites (tertiary alicyclic amines) is 1. The molecule has 0 unspecified atom stereocenters. The van der Waals surface area contributed by atoms with Crippen LogP contribution in [-0.4, -0.2) is 35.3 Å². The lowest BCUT2D eigenvalue weighted by atomic mass is 9.93. The molecule has 0 radical (unpaired) electrons. The first-order valence-electron chi connectivity index (χ1n) is 8.70. The quantitative estimate of drug-likeness (QED) is 0.708. The molecule has 0 saturated carbocycles. The van der Waals surface area contributed by atoms with Gasteiger partial charge in [0.15, 0.2) is 0 Å². The van der Waals surface area contributed by atoms with Gasteiger partial charge in [-0.15, -0.1) is 0 Å². The number of nitrogens with zero attached hydrogens (tertiary/aromatic N) is 1. The number of amides is 2. The molecule has 1 aliphatic heterocycles. The maximum absolute atomic E-state index is 12.9. The number of nitrogens with two attached hydrogens (primary N) is 1. The fourth-order valence-corrected chi connectivity index (χ4v) is 2.91. The Morgan fingerprint density at radius 1 is 1.03 bits per heavy atom. The van der Waals surface area contributed by atoms with Gasteiger partial charge in [0.25, 0.3) is 0 Å². The highest BCUT2D eigenvalue weighted by Gasteiger charge is 2.37. The number of rotatable bonds is 5. The van der Waals surface area contributed by atoms with Crippen molar-refractivity contribution in [1.29, 1.82) is 0 Å². The predicted octanol–water partition coefficient (Wildman–Crippen LogP) is 3.64. The van der Waals surface area contributed by atoms with Crippen LogP contribution in [0.2, 0.25) is 0 Å². The van der Waals surface area contributed by atoms with E-state index in [1.54, 1.807) is 13.8 Å². The van der Waals surface area contributed by atoms with E-state index in [0.717, 1.165) is 0 Å². The van der Waals surface area contributed by atoms with E-state index in [4.69, 9.17) is 5.73 Å². The Kier molecular flexibility index (Phi) is 6.22. The molecular weight excluding hydrogens is 404 g/mol. The fourth-order valence-electron chi connectivity index (χ4n) is 2.91. The summed E-state index contributed by atoms with van der Waals surface area (Å²) in [6.07, 6.45) is -10.00. The van der Waals surface area contributed by atoms with Crippen LogP contribution in [0, 0.1) is 5.92 Å². The number of anilines is 1. The lowest BCUT2D eigenvalue weighted by molar-refractivity contribution is -0.143. The molecule has 0 aliphatic carbocycles. The summed E-state index contributed by atoms with van der Waals surface area (Å²) < 4.78 is 77.1. The maximum Gasteiger partial charge on any atom is 0.416 e. The van der Waals surface area contributed by atoms with Crippen molar-refractivity contribution in [3.63, 3.8) is 0 Å². The summed E-state index contributed by atoms with van der Waals surface area (Å²) in [5.41, 5.74) is 1.48. The first kappa shape index (κ1) is 23.0. The van der Waals surface area contributed by atoms with Crippen LogP contribution < -0.4 is 11.1 Å². The normalized spacial score (nSPS) is 15.8. The van der Waals surface area contributed by atoms with E-state index in [2.05, 4.69) is 5.32 Å². The molecule has 2 amide bonds. The summed E-state index contributed by atoms with van der Waals surface area (Å²) in [5, 5.41) is 2.09. The topological polar surface area (TPSA) is 75.4 Å². The van der Waals surface area contributed by atoms with Gasteiger partial charge in [-0.05, 0) is 32.0 Å². The molecule has 1 aliphatic rings. The molecule has 5 nitrogen and oxygen atoms in total. The summed E-state index contributed by atoms with van der Waals surface area (Å²) >= 11 is 0. The summed E-state index contributed by atoms with van der Waals surface area (Å²) in [5.74, 6) is -1.14. The molecule has 1 heterocycles. The van der Waals surface area contributed by atoms with Gasteiger partial charge < -0.3 is 16.0 Å². The zero-order valence-corrected chi connectivity index (χ0v) is 15.7. The van der Waals surface area contributed by atoms with Crippen LogP contribution in [0.3, 0.4) is 0 Å². The van der Waals surface area contributed by atoms with Crippen LogP contribution in [0.15, 0.2) is 18.2 Å². The molecule has 162 valence electrons. The second-order valence-electron chi connectivity index (χ2n) is 7.88. The van der Waals surface area contributed by atoms with E-state index in [0.29, 0.717) is 12.1 Å². The van der Waals surface area contributed by atoms with Gasteiger partial charge in [-0.3, -0.25) is 9.59 Å². The zero-order valence-electron chi connectivity index (χ0n) is 15.7. The smallest absolute Gasteiger partial charge is 0.342 e. The Bertz CT molecular complexity index is 745. The molecule has 3 N–H and O–H groups in total. The average Bonchev–Trinajstić information content (AvgIpc) is 2.46. The molecule has 29 heavy (non-hydrogen) atoms. The lowest BCUT2D eigenvalue weighted by Crippen LogP contribution is -2.53. The molecule has 1 aromatic carbocycles. The number of nitrogens with one attached hydrogen (secondary N) is 1. The molecule has 11 heteroatoms. The van der Waals surface area contributed by atoms with Gasteiger partial charge >= 0.3 is 12.4 Å². The minimum Gasteiger partial charge on any atom is -0.342 e. The van der Waals surface area contributed by atoms with Gasteiger partial charge in [0.05, 0.1) is 11.1 Å². The van der Waals surface area contributed by atoms with Gasteiger partial charge in [0.2, 0.25) is 11.8 Å². The van der Waals surface area contributed by atoms with Crippen LogP contribution in [-0.2, 0) is 21.9 Å². The lowest BCUT2D eigenvalue weighted by Gasteiger charge is -2.40. The van der Waals surface area contributed by atoms with Crippen molar-refractivity contribution < 1.29 is 35.9 Å². The SMILES string of the molecule is CC(C)(N)CC(=O)N1CC(CC(=O)Nc2cc(C(F)(F)F)cc(C(F)(F)F)c2)C1. The Labute approximate surface area is 163 Å². The second-order valence-corrected chi connectivity index (χ2v) is 7.88. The first-order valence-corrected chi connectivity index (χ1v) is 8.70. The molecule has 0 bridgehead atoms. The van der Waals surface area contributed by atoms with Crippen molar-refractivity contribution in [2.75, 3.05) is 18.4 Å². The highest BCUT2D eigenvalue weighted by atomic mass is 19.4. The minimum atomic E-state index is -4.99. The number of hydrogen-bond acceptors (Lipinski definition) is 3. The number of carbonyl (C=O) groups is 2. The standard InChI is InChI=1S/C18H21F6N3O2/c1-16(2,25)7-15(29)27-8-10(9-27)3-14(28)26-13-5-11(17(19,20)21)4-12(6-13)18(22,23)24/h4-6,10H,3,7-9,25H2,1-2H3,(H,26,28). The number of benzene rings is 1. The molecule has 0 spiro atoms. The van der Waals surface area contributed by atoms with E-state index in [9.17, 15) is 35.9 Å². The van der Waals surface area contributed by atoms with Gasteiger partial charge in [-0.2, -0.15) is 26.3 Å². The Morgan fingerprint density at radius 3 is 1.93 bits per heavy atom. The van der Waals surface area contributed by atoms with Gasteiger partial charge in [0, 0.05) is 43.1 Å². The Morgan fingerprint density at radius 2 is 1.52 bits per heavy atom. The third-order valence-corrected chi connectivity index (χ3v) is 4.26. The molecule has 0 aromatic heterocycles. The summed E-state index contributed by atoms with van der Waals surface area (Å²) in [6, 6.07) is 0.893. The van der Waals surface area contributed by atoms with Gasteiger partial charge in [0.1, 0.15) is 0 Å². The Balaban J connectivity index is 1.99. The van der Waals surface area contributed by atoms with E-state index >= 15 is 0 Å². The number of halogens is 6. The van der Waals surface area contributed by atoms with Crippen molar-refractivity contribution >= 4 is 17.5 Å². The van der Waals surface area contributed by atoms with Crippen molar-refractivity contribution in [3.05, 3.63) is 29.3 Å². The number of alkyl halides is 6. The number of carbonyl (C=O) groups excluding carboxylic acids is 2. The van der Waals surface area contributed by atoms with Crippen molar-refractivity contribution in [2.24, 2.45) is 11.7 Å². The molecule has 1 fully saturated rings. The predicted molar refractivity (Wildman–Crippen MR) is 92.6 cm³/mol. The average molecular weight is 425 g/mol. The molecule has 0 atom stereocenters. The summed E-state index contributed by atoms with van der Waals surface area (Å²) in [6.45, 7) is 3.94. The van der Waals surface area contributed by atoms with Crippen molar-refractivity contribution in [1.82, 2.24) is 4.90 Å². The second kappa shape index (κ2) is 7.85. The molecular formula is C18H21F6N3O2. The third kappa shape index (κ3) is 6.62. The minimum absolute atomic E-state index is 0.00991. The summed E-state index contributed by atoms with van der Waals surface area (Å²) in [4.78, 5) is 25.5. The number of hydrogen-bond donors (Lipinski definition) is 2. The van der Waals surface area contributed by atoms with E-state index < -0.39 is 40.6 Å². The van der Waals surface area contributed by atoms with E-state index in [-0.39, 0.29) is 43.8 Å². The van der Waals surface area contributed by atoms with Gasteiger partial charge in [-0.25, -0.2) is 0 Å². The van der Waals surface area contributed by atoms with Crippen molar-refractivity contribution in [3.8, 4) is 0 Å². The fraction of sp³-hybridized carbons (Fsp3) is 0.556. The summed E-state index contributed by atoms with van der Waals surface area (Å²) in [7, 11) is 0. The third-order valence-electron chi connectivity index (χ3n) is 4.26. The highest BCUT2D eigenvalue weighted by Crippen LogP contribution is 2.37. The van der Waals surface area contributed by atoms with Crippen LogP contribution in [0.1, 0.15) is 37.8 Å². The van der Waals surface area contributed by atoms with Crippen LogP contribution in [0.5, 0.6) is 0 Å². The van der Waals surface area contributed by atoms with E-state index in [1.165, 1.54) is 4.90 Å². The van der Waals surface area contributed by atoms with Gasteiger partial charge in [-0.1, -0.05) is 0 Å². The highest BCUT2D eigenvalue weighted by molar-refractivity contribution is 5.91. The van der Waals surface area contributed by atoms with Crippen LogP contribution >= 0.6 is 0 Å². The van der Waals surface area contributed by atoms with E-state index in [1.807, 2.05) is 0 Å². The zero-order chi connectivity index (χ0) is 22.2. The molecule has 1 saturated heterocycles. The first-order chi connectivity index (χ1) is 13.0. The van der Waals surface area contributed by atoms with Crippen LogP contribution in [0.25, 0.3) is 0 Å². The Hall–Kier alpha value is -2.30. The molecule has 2 rings (SSSR count). The largest absolute Gasteiger partial charge is 0.416 e. The molecule has 1 aromatic rings. The monoisotopic (exact) mass is 425 g/mol.